The van der Waals surface area contributed by atoms with Crippen molar-refractivity contribution in [2.24, 2.45) is 5.73 Å². The van der Waals surface area contributed by atoms with Gasteiger partial charge >= 0.3 is 6.03 Å². The number of anilines is 1. The van der Waals surface area contributed by atoms with Crippen molar-refractivity contribution in [1.82, 2.24) is 5.06 Å². The summed E-state index contributed by atoms with van der Waals surface area (Å²) in [5.41, 5.74) is 9.68. The Morgan fingerprint density at radius 1 is 1.27 bits per heavy atom. The minimum absolute atomic E-state index is 0.104. The first-order valence-corrected chi connectivity index (χ1v) is 8.82. The Kier molecular flexibility index (Phi) is 5.63. The molecule has 2 amide bonds. The number of hydroxylamine groups is 2. The lowest BCUT2D eigenvalue weighted by Gasteiger charge is -2.32. The highest BCUT2D eigenvalue weighted by Crippen LogP contribution is 2.28. The minimum Gasteiger partial charge on any atom is -0.497 e. The third-order valence-electron chi connectivity index (χ3n) is 4.75. The number of fused-ring (bicyclic) bond motifs is 1. The van der Waals surface area contributed by atoms with Crippen molar-refractivity contribution in [2.75, 3.05) is 25.1 Å². The van der Waals surface area contributed by atoms with Gasteiger partial charge in [0, 0.05) is 18.8 Å². The fourth-order valence-corrected chi connectivity index (χ4v) is 3.40. The van der Waals surface area contributed by atoms with Crippen LogP contribution >= 0.6 is 0 Å². The Balaban J connectivity index is 1.69. The van der Waals surface area contributed by atoms with E-state index in [2.05, 4.69) is 29.2 Å². The molecule has 3 N–H and O–H groups in total. The molecule has 6 heteroatoms. The standard InChI is InChI=1S/C20H25N3O3/c1-26-18-6-2-4-15(13-18)9-11-22-10-3-5-17-12-16(7-8-19(17)22)14-23(25)20(21)24/h2,4,6-8,12-13,25H,3,5,9-11,14H2,1H3,(H2,21,24). The highest BCUT2D eigenvalue weighted by molar-refractivity contribution is 5.70. The van der Waals surface area contributed by atoms with Crippen LogP contribution < -0.4 is 15.4 Å². The number of methoxy groups -OCH3 is 1. The monoisotopic (exact) mass is 355 g/mol. The van der Waals surface area contributed by atoms with Gasteiger partial charge in [0.05, 0.1) is 13.7 Å². The van der Waals surface area contributed by atoms with Gasteiger partial charge in [0.1, 0.15) is 5.75 Å². The van der Waals surface area contributed by atoms with Crippen LogP contribution in [0, 0.1) is 0 Å². The number of nitrogens with zero attached hydrogens (tertiary/aromatic N) is 2. The van der Waals surface area contributed by atoms with Crippen molar-refractivity contribution in [2.45, 2.75) is 25.8 Å². The molecular formula is C20H25N3O3. The molecule has 0 aromatic heterocycles. The molecule has 0 bridgehead atoms. The van der Waals surface area contributed by atoms with E-state index in [0.717, 1.165) is 43.7 Å². The first-order chi connectivity index (χ1) is 12.6. The second kappa shape index (κ2) is 8.10. The molecule has 0 atom stereocenters. The highest BCUT2D eigenvalue weighted by Gasteiger charge is 2.18. The molecule has 2 aromatic carbocycles. The summed E-state index contributed by atoms with van der Waals surface area (Å²) in [5.74, 6) is 0.884. The Morgan fingerprint density at radius 2 is 2.12 bits per heavy atom. The van der Waals surface area contributed by atoms with Crippen LogP contribution in [-0.2, 0) is 19.4 Å². The smallest absolute Gasteiger partial charge is 0.338 e. The van der Waals surface area contributed by atoms with Gasteiger partial charge in [0.2, 0.25) is 0 Å². The number of primary amides is 1. The van der Waals surface area contributed by atoms with Crippen LogP contribution in [0.3, 0.4) is 0 Å². The van der Waals surface area contributed by atoms with Gasteiger partial charge in [-0.1, -0.05) is 24.3 Å². The lowest BCUT2D eigenvalue weighted by atomic mass is 9.98. The van der Waals surface area contributed by atoms with E-state index in [-0.39, 0.29) is 6.54 Å². The summed E-state index contributed by atoms with van der Waals surface area (Å²) < 4.78 is 5.29. The molecule has 1 aliphatic heterocycles. The third-order valence-corrected chi connectivity index (χ3v) is 4.75. The number of carbonyl (C=O) groups is 1. The van der Waals surface area contributed by atoms with Crippen molar-refractivity contribution in [3.8, 4) is 5.75 Å². The zero-order valence-electron chi connectivity index (χ0n) is 15.0. The van der Waals surface area contributed by atoms with E-state index < -0.39 is 6.03 Å². The van der Waals surface area contributed by atoms with Gasteiger partial charge < -0.3 is 15.4 Å². The van der Waals surface area contributed by atoms with Crippen LogP contribution in [0.15, 0.2) is 42.5 Å². The fourth-order valence-electron chi connectivity index (χ4n) is 3.40. The Bertz CT molecular complexity index is 779. The van der Waals surface area contributed by atoms with Crippen molar-refractivity contribution < 1.29 is 14.7 Å². The maximum atomic E-state index is 11.0. The summed E-state index contributed by atoms with van der Waals surface area (Å²) in [6.45, 7) is 2.07. The highest BCUT2D eigenvalue weighted by atomic mass is 16.5. The number of benzene rings is 2. The lowest BCUT2D eigenvalue weighted by molar-refractivity contribution is -0.0470. The second-order valence-corrected chi connectivity index (χ2v) is 6.55. The normalized spacial score (nSPS) is 13.2. The quantitative estimate of drug-likeness (QED) is 0.617. The SMILES string of the molecule is COc1cccc(CCN2CCCc3cc(CN(O)C(N)=O)ccc32)c1. The molecular weight excluding hydrogens is 330 g/mol. The third kappa shape index (κ3) is 4.26. The molecule has 0 unspecified atom stereocenters. The zero-order valence-corrected chi connectivity index (χ0v) is 15.0. The molecule has 1 aliphatic rings. The van der Waals surface area contributed by atoms with Crippen LogP contribution in [0.25, 0.3) is 0 Å². The van der Waals surface area contributed by atoms with Gasteiger partial charge in [-0.05, 0) is 54.2 Å². The van der Waals surface area contributed by atoms with Gasteiger partial charge in [-0.25, -0.2) is 9.86 Å². The summed E-state index contributed by atoms with van der Waals surface area (Å²) in [7, 11) is 1.68. The summed E-state index contributed by atoms with van der Waals surface area (Å²) in [5, 5.41) is 10.1. The maximum Gasteiger partial charge on any atom is 0.338 e. The molecule has 0 aliphatic carbocycles. The molecule has 0 saturated heterocycles. The number of rotatable bonds is 6. The zero-order chi connectivity index (χ0) is 18.5. The van der Waals surface area contributed by atoms with E-state index in [1.165, 1.54) is 16.8 Å². The van der Waals surface area contributed by atoms with E-state index >= 15 is 0 Å². The van der Waals surface area contributed by atoms with E-state index in [1.807, 2.05) is 18.2 Å². The summed E-state index contributed by atoms with van der Waals surface area (Å²) in [6.07, 6.45) is 3.04. The van der Waals surface area contributed by atoms with Gasteiger partial charge in [0.25, 0.3) is 0 Å². The summed E-state index contributed by atoms with van der Waals surface area (Å²) >= 11 is 0. The molecule has 0 fully saturated rings. The van der Waals surface area contributed by atoms with Crippen LogP contribution in [0.5, 0.6) is 5.75 Å². The lowest BCUT2D eigenvalue weighted by Crippen LogP contribution is -2.33. The average molecular weight is 355 g/mol. The number of nitrogens with two attached hydrogens (primary N) is 1. The molecule has 1 heterocycles. The maximum absolute atomic E-state index is 11.0. The Labute approximate surface area is 153 Å². The van der Waals surface area contributed by atoms with Crippen molar-refractivity contribution in [3.05, 3.63) is 59.2 Å². The number of urea groups is 1. The fraction of sp³-hybridized carbons (Fsp3) is 0.350. The predicted molar refractivity (Wildman–Crippen MR) is 101 cm³/mol. The molecule has 2 aromatic rings. The largest absolute Gasteiger partial charge is 0.497 e. The van der Waals surface area contributed by atoms with Crippen molar-refractivity contribution >= 4 is 11.7 Å². The molecule has 0 saturated carbocycles. The minimum atomic E-state index is -0.845. The van der Waals surface area contributed by atoms with Crippen LogP contribution in [-0.4, -0.2) is 36.5 Å². The van der Waals surface area contributed by atoms with Gasteiger partial charge in [-0.2, -0.15) is 0 Å². The number of carbonyl (C=O) groups excluding carboxylic acids is 1. The molecule has 6 nitrogen and oxygen atoms in total. The van der Waals surface area contributed by atoms with Crippen LogP contribution in [0.4, 0.5) is 10.5 Å². The first-order valence-electron chi connectivity index (χ1n) is 8.82. The molecule has 3 rings (SSSR count). The van der Waals surface area contributed by atoms with Crippen LogP contribution in [0.2, 0.25) is 0 Å². The Morgan fingerprint density at radius 3 is 2.88 bits per heavy atom. The van der Waals surface area contributed by atoms with Gasteiger partial charge in [0.15, 0.2) is 0 Å². The molecule has 138 valence electrons. The topological polar surface area (TPSA) is 79.0 Å². The molecule has 0 spiro atoms. The number of hydrogen-bond acceptors (Lipinski definition) is 4. The van der Waals surface area contributed by atoms with Gasteiger partial charge in [-0.3, -0.25) is 5.21 Å². The first kappa shape index (κ1) is 18.1. The van der Waals surface area contributed by atoms with Crippen molar-refractivity contribution in [1.29, 1.82) is 0 Å². The van der Waals surface area contributed by atoms with E-state index in [9.17, 15) is 10.0 Å². The molecule has 26 heavy (non-hydrogen) atoms. The van der Waals surface area contributed by atoms with Crippen LogP contribution in [0.1, 0.15) is 23.1 Å². The predicted octanol–water partition coefficient (Wildman–Crippen LogP) is 2.96. The van der Waals surface area contributed by atoms with E-state index in [0.29, 0.717) is 5.06 Å². The van der Waals surface area contributed by atoms with Crippen molar-refractivity contribution in [3.63, 3.8) is 0 Å². The summed E-state index contributed by atoms with van der Waals surface area (Å²) in [4.78, 5) is 13.4. The number of hydrogen-bond donors (Lipinski definition) is 2. The van der Waals surface area contributed by atoms with Gasteiger partial charge in [-0.15, -0.1) is 0 Å². The van der Waals surface area contributed by atoms with E-state index in [1.54, 1.807) is 7.11 Å². The second-order valence-electron chi connectivity index (χ2n) is 6.55. The summed E-state index contributed by atoms with van der Waals surface area (Å²) in [6, 6.07) is 13.4. The van der Waals surface area contributed by atoms with E-state index in [4.69, 9.17) is 10.5 Å². The average Bonchev–Trinajstić information content (AvgIpc) is 2.66. The Hall–Kier alpha value is -2.73. The number of amides is 2. The number of aryl methyl sites for hydroxylation is 1. The molecule has 0 radical (unpaired) electrons. The number of ether oxygens (including phenoxy) is 1.